The molecule has 0 unspecified atom stereocenters. The number of carbonyl (C=O) groups is 1. The number of hydrogen-bond donors (Lipinski definition) is 0. The summed E-state index contributed by atoms with van der Waals surface area (Å²) in [5.41, 5.74) is 3.46. The van der Waals surface area contributed by atoms with Gasteiger partial charge in [-0.15, -0.1) is 0 Å². The molecule has 7 nitrogen and oxygen atoms in total. The monoisotopic (exact) mass is 457 g/mol. The Balaban J connectivity index is 1.78. The minimum absolute atomic E-state index is 0.166. The molecule has 0 N–H and O–H groups in total. The Bertz CT molecular complexity index is 1280. The van der Waals surface area contributed by atoms with Gasteiger partial charge in [0.2, 0.25) is 0 Å². The lowest BCUT2D eigenvalue weighted by molar-refractivity contribution is 0.0785. The van der Waals surface area contributed by atoms with Gasteiger partial charge in [0.05, 0.1) is 32.6 Å². The highest BCUT2D eigenvalue weighted by atomic mass is 16.5. The molecule has 0 spiro atoms. The average molecular weight is 458 g/mol. The molecule has 0 aliphatic carbocycles. The predicted octanol–water partition coefficient (Wildman–Crippen LogP) is 4.84. The van der Waals surface area contributed by atoms with Gasteiger partial charge in [-0.1, -0.05) is 36.4 Å². The summed E-state index contributed by atoms with van der Waals surface area (Å²) in [6, 6.07) is 22.8. The van der Waals surface area contributed by atoms with Crippen LogP contribution in [0.5, 0.6) is 17.2 Å². The van der Waals surface area contributed by atoms with E-state index in [-0.39, 0.29) is 5.91 Å². The number of aromatic nitrogens is 2. The van der Waals surface area contributed by atoms with E-state index in [0.717, 1.165) is 17.0 Å². The highest BCUT2D eigenvalue weighted by Crippen LogP contribution is 2.35. The molecule has 3 aromatic carbocycles. The molecule has 0 bridgehead atoms. The average Bonchev–Trinajstić information content (AvgIpc) is 3.33. The van der Waals surface area contributed by atoms with Crippen molar-refractivity contribution in [2.75, 3.05) is 28.4 Å². The van der Waals surface area contributed by atoms with Crippen LogP contribution >= 0.6 is 0 Å². The zero-order valence-electron chi connectivity index (χ0n) is 19.7. The highest BCUT2D eigenvalue weighted by molar-refractivity contribution is 6.00. The van der Waals surface area contributed by atoms with E-state index in [9.17, 15) is 4.79 Å². The van der Waals surface area contributed by atoms with Gasteiger partial charge in [0.25, 0.3) is 5.91 Å². The van der Waals surface area contributed by atoms with Crippen LogP contribution in [0.2, 0.25) is 0 Å². The van der Waals surface area contributed by atoms with E-state index in [1.54, 1.807) is 50.2 Å². The van der Waals surface area contributed by atoms with Gasteiger partial charge in [-0.2, -0.15) is 5.10 Å². The highest BCUT2D eigenvalue weighted by Gasteiger charge is 2.24. The van der Waals surface area contributed by atoms with Gasteiger partial charge in [0, 0.05) is 37.0 Å². The number of ether oxygens (including phenoxy) is 3. The Morgan fingerprint density at radius 1 is 0.882 bits per heavy atom. The number of benzene rings is 3. The van der Waals surface area contributed by atoms with E-state index in [1.807, 2.05) is 66.7 Å². The lowest BCUT2D eigenvalue weighted by atomic mass is 10.1. The summed E-state index contributed by atoms with van der Waals surface area (Å²) in [5.74, 6) is 1.79. The molecule has 0 radical (unpaired) electrons. The summed E-state index contributed by atoms with van der Waals surface area (Å²) in [6.07, 6.45) is 1.76. The third-order valence-electron chi connectivity index (χ3n) is 5.58. The van der Waals surface area contributed by atoms with E-state index in [4.69, 9.17) is 19.3 Å². The third kappa shape index (κ3) is 4.59. The van der Waals surface area contributed by atoms with Gasteiger partial charge in [-0.05, 0) is 30.3 Å². The van der Waals surface area contributed by atoms with Crippen LogP contribution in [0.4, 0.5) is 0 Å². The van der Waals surface area contributed by atoms with Crippen molar-refractivity contribution in [2.45, 2.75) is 6.54 Å². The summed E-state index contributed by atoms with van der Waals surface area (Å²) in [7, 11) is 6.57. The molecule has 4 aromatic rings. The summed E-state index contributed by atoms with van der Waals surface area (Å²) in [6.45, 7) is 0.387. The molecule has 0 fully saturated rings. The van der Waals surface area contributed by atoms with Gasteiger partial charge in [0.15, 0.2) is 0 Å². The predicted molar refractivity (Wildman–Crippen MR) is 131 cm³/mol. The molecule has 0 aliphatic heterocycles. The quantitative estimate of drug-likeness (QED) is 0.379. The second-order valence-electron chi connectivity index (χ2n) is 7.71. The van der Waals surface area contributed by atoms with E-state index < -0.39 is 0 Å². The zero-order valence-corrected chi connectivity index (χ0v) is 19.7. The molecule has 1 aromatic heterocycles. The Hall–Kier alpha value is -4.26. The smallest absolute Gasteiger partial charge is 0.257 e. The van der Waals surface area contributed by atoms with Crippen molar-refractivity contribution in [3.05, 3.63) is 90.1 Å². The van der Waals surface area contributed by atoms with Crippen molar-refractivity contribution in [1.29, 1.82) is 0 Å². The van der Waals surface area contributed by atoms with Gasteiger partial charge in [-0.3, -0.25) is 4.79 Å². The molecule has 0 aliphatic rings. The molecule has 1 heterocycles. The SMILES string of the molecule is COc1ccc(-c2nn(-c3ccccc3)cc2C(=O)N(C)Cc2ccccc2OC)c(OC)c1. The first-order valence-electron chi connectivity index (χ1n) is 10.8. The number of rotatable bonds is 8. The number of hydrogen-bond acceptors (Lipinski definition) is 5. The van der Waals surface area contributed by atoms with Gasteiger partial charge in [0.1, 0.15) is 22.9 Å². The molecule has 1 amide bonds. The normalized spacial score (nSPS) is 10.6. The van der Waals surface area contributed by atoms with Gasteiger partial charge >= 0.3 is 0 Å². The van der Waals surface area contributed by atoms with Crippen LogP contribution in [0, 0.1) is 0 Å². The van der Waals surface area contributed by atoms with Crippen LogP contribution in [0.15, 0.2) is 79.0 Å². The van der Waals surface area contributed by atoms with Crippen molar-refractivity contribution in [2.24, 2.45) is 0 Å². The fraction of sp³-hybridized carbons (Fsp3) is 0.185. The number of methoxy groups -OCH3 is 3. The lowest BCUT2D eigenvalue weighted by Gasteiger charge is -2.19. The molecular weight excluding hydrogens is 430 g/mol. The summed E-state index contributed by atoms with van der Waals surface area (Å²) < 4.78 is 18.1. The standard InChI is InChI=1S/C27H27N3O4/c1-29(17-19-10-8-9-13-24(19)33-3)27(31)23-18-30(20-11-6-5-7-12-20)28-26(23)22-15-14-21(32-2)16-25(22)34-4/h5-16,18H,17H2,1-4H3. The molecule has 0 saturated heterocycles. The Labute approximate surface area is 199 Å². The van der Waals surface area contributed by atoms with Crippen molar-refractivity contribution >= 4 is 5.91 Å². The van der Waals surface area contributed by atoms with Crippen LogP contribution in [-0.2, 0) is 6.54 Å². The number of amides is 1. The fourth-order valence-corrected chi connectivity index (χ4v) is 3.80. The van der Waals surface area contributed by atoms with Crippen LogP contribution < -0.4 is 14.2 Å². The maximum Gasteiger partial charge on any atom is 0.257 e. The Kier molecular flexibility index (Phi) is 6.82. The summed E-state index contributed by atoms with van der Waals surface area (Å²) in [5, 5.41) is 4.78. The maximum absolute atomic E-state index is 13.7. The largest absolute Gasteiger partial charge is 0.497 e. The molecule has 174 valence electrons. The van der Waals surface area contributed by atoms with Crippen molar-refractivity contribution in [1.82, 2.24) is 14.7 Å². The number of carbonyl (C=O) groups excluding carboxylic acids is 1. The lowest BCUT2D eigenvalue weighted by Crippen LogP contribution is -2.26. The first kappa shape index (κ1) is 22.9. The zero-order chi connectivity index (χ0) is 24.1. The molecule has 4 rings (SSSR count). The van der Waals surface area contributed by atoms with Crippen LogP contribution in [-0.4, -0.2) is 49.0 Å². The molecule has 34 heavy (non-hydrogen) atoms. The van der Waals surface area contributed by atoms with Crippen LogP contribution in [0.3, 0.4) is 0 Å². The van der Waals surface area contributed by atoms with E-state index >= 15 is 0 Å². The molecule has 0 saturated carbocycles. The van der Waals surface area contributed by atoms with Crippen molar-refractivity contribution in [3.63, 3.8) is 0 Å². The van der Waals surface area contributed by atoms with E-state index in [0.29, 0.717) is 34.9 Å². The molecule has 0 atom stereocenters. The fourth-order valence-electron chi connectivity index (χ4n) is 3.80. The third-order valence-corrected chi connectivity index (χ3v) is 5.58. The minimum atomic E-state index is -0.166. The molecular formula is C27H27N3O4. The molecule has 7 heteroatoms. The summed E-state index contributed by atoms with van der Waals surface area (Å²) in [4.78, 5) is 15.3. The second kappa shape index (κ2) is 10.1. The Morgan fingerprint density at radius 3 is 2.29 bits per heavy atom. The van der Waals surface area contributed by atoms with Crippen LogP contribution in [0.1, 0.15) is 15.9 Å². The van der Waals surface area contributed by atoms with Crippen LogP contribution in [0.25, 0.3) is 16.9 Å². The van der Waals surface area contributed by atoms with Gasteiger partial charge in [-0.25, -0.2) is 4.68 Å². The first-order chi connectivity index (χ1) is 16.5. The first-order valence-corrected chi connectivity index (χ1v) is 10.8. The number of nitrogens with zero attached hydrogens (tertiary/aromatic N) is 3. The van der Waals surface area contributed by atoms with E-state index in [2.05, 4.69) is 0 Å². The van der Waals surface area contributed by atoms with E-state index in [1.165, 1.54) is 0 Å². The number of para-hydroxylation sites is 2. The maximum atomic E-state index is 13.7. The second-order valence-corrected chi connectivity index (χ2v) is 7.71. The van der Waals surface area contributed by atoms with Crippen molar-refractivity contribution in [3.8, 4) is 34.2 Å². The van der Waals surface area contributed by atoms with Gasteiger partial charge < -0.3 is 19.1 Å². The summed E-state index contributed by atoms with van der Waals surface area (Å²) >= 11 is 0. The minimum Gasteiger partial charge on any atom is -0.497 e. The Morgan fingerprint density at radius 2 is 1.59 bits per heavy atom. The van der Waals surface area contributed by atoms with Crippen molar-refractivity contribution < 1.29 is 19.0 Å². The topological polar surface area (TPSA) is 65.8 Å².